The summed E-state index contributed by atoms with van der Waals surface area (Å²) in [6, 6.07) is 33.6. The molecule has 0 bridgehead atoms. The van der Waals surface area contributed by atoms with Crippen molar-refractivity contribution in [2.24, 2.45) is 0 Å². The first-order valence-electron chi connectivity index (χ1n) is 14.9. The summed E-state index contributed by atoms with van der Waals surface area (Å²) < 4.78 is 0. The highest BCUT2D eigenvalue weighted by atomic mass is 14.9. The summed E-state index contributed by atoms with van der Waals surface area (Å²) in [4.78, 5) is 36.7. The van der Waals surface area contributed by atoms with E-state index in [-0.39, 0.29) is 0 Å². The van der Waals surface area contributed by atoms with Gasteiger partial charge in [0, 0.05) is 86.1 Å². The second-order valence-electron chi connectivity index (χ2n) is 9.28. The van der Waals surface area contributed by atoms with Gasteiger partial charge in [0.05, 0.1) is 17.4 Å². The van der Waals surface area contributed by atoms with Crippen molar-refractivity contribution in [1.82, 2.24) is 49.8 Å². The maximum atomic E-state index is 4.06. The number of H-pyrrole nitrogens is 2. The molecule has 236 valence electrons. The lowest BCUT2D eigenvalue weighted by Crippen LogP contribution is -1.77. The van der Waals surface area contributed by atoms with Crippen molar-refractivity contribution in [3.05, 3.63) is 196 Å². The molecule has 0 unspecified atom stereocenters. The van der Waals surface area contributed by atoms with E-state index in [9.17, 15) is 0 Å². The molecule has 0 aliphatic heterocycles. The second kappa shape index (κ2) is 21.7. The van der Waals surface area contributed by atoms with Gasteiger partial charge in [-0.15, -0.1) is 0 Å². The quantitative estimate of drug-likeness (QED) is 0.187. The number of pyridine rings is 3. The van der Waals surface area contributed by atoms with E-state index in [1.165, 1.54) is 28.4 Å². The van der Waals surface area contributed by atoms with Crippen LogP contribution in [0.15, 0.2) is 196 Å². The van der Waals surface area contributed by atoms with Crippen molar-refractivity contribution in [2.45, 2.75) is 0 Å². The van der Waals surface area contributed by atoms with Gasteiger partial charge in [-0.1, -0.05) is 36.4 Å². The summed E-state index contributed by atoms with van der Waals surface area (Å²) in [5.74, 6) is 0. The number of imidazole rings is 1. The molecule has 0 saturated carbocycles. The zero-order valence-electron chi connectivity index (χ0n) is 26.1. The number of nitrogens with zero attached hydrogens (tertiary/aromatic N) is 8. The Morgan fingerprint density at radius 3 is 1.33 bits per heavy atom. The molecular formula is C38H34N10. The van der Waals surface area contributed by atoms with E-state index in [1.54, 1.807) is 86.8 Å². The second-order valence-corrected chi connectivity index (χ2v) is 9.28. The van der Waals surface area contributed by atoms with Crippen molar-refractivity contribution in [2.75, 3.05) is 0 Å². The molecule has 48 heavy (non-hydrogen) atoms. The van der Waals surface area contributed by atoms with Crippen molar-refractivity contribution in [3.8, 4) is 11.1 Å². The Kier molecular flexibility index (Phi) is 15.4. The minimum absolute atomic E-state index is 1.03. The number of benzene rings is 2. The minimum Gasteiger partial charge on any atom is -0.361 e. The summed E-state index contributed by atoms with van der Waals surface area (Å²) in [5, 5.41) is 1.28. The van der Waals surface area contributed by atoms with Gasteiger partial charge < -0.3 is 9.97 Å². The molecule has 7 heterocycles. The highest BCUT2D eigenvalue weighted by molar-refractivity contribution is 5.78. The highest BCUT2D eigenvalue weighted by Crippen LogP contribution is 2.15. The zero-order valence-corrected chi connectivity index (χ0v) is 26.1. The Bertz CT molecular complexity index is 1700. The highest BCUT2D eigenvalue weighted by Gasteiger charge is 1.93. The minimum atomic E-state index is 1.03. The van der Waals surface area contributed by atoms with E-state index in [4.69, 9.17) is 0 Å². The van der Waals surface area contributed by atoms with Crippen LogP contribution >= 0.6 is 0 Å². The first-order valence-corrected chi connectivity index (χ1v) is 14.9. The fourth-order valence-electron chi connectivity index (χ4n) is 3.78. The van der Waals surface area contributed by atoms with Gasteiger partial charge in [0.15, 0.2) is 0 Å². The van der Waals surface area contributed by atoms with E-state index >= 15 is 0 Å². The van der Waals surface area contributed by atoms with Crippen LogP contribution in [0.4, 0.5) is 0 Å². The molecule has 0 atom stereocenters. The summed E-state index contributed by atoms with van der Waals surface area (Å²) in [7, 11) is 0. The molecule has 2 N–H and O–H groups in total. The van der Waals surface area contributed by atoms with Gasteiger partial charge in [-0.25, -0.2) is 15.0 Å². The van der Waals surface area contributed by atoms with Gasteiger partial charge in [-0.2, -0.15) is 0 Å². The van der Waals surface area contributed by atoms with Crippen LogP contribution < -0.4 is 0 Å². The average molecular weight is 631 g/mol. The summed E-state index contributed by atoms with van der Waals surface area (Å²) >= 11 is 0. The molecule has 0 aliphatic carbocycles. The molecule has 9 aromatic rings. The van der Waals surface area contributed by atoms with E-state index in [0.29, 0.717) is 0 Å². The van der Waals surface area contributed by atoms with Crippen molar-refractivity contribution < 1.29 is 0 Å². The van der Waals surface area contributed by atoms with E-state index in [0.717, 1.165) is 11.0 Å². The smallest absolute Gasteiger partial charge is 0.115 e. The van der Waals surface area contributed by atoms with Gasteiger partial charge >= 0.3 is 0 Å². The predicted octanol–water partition coefficient (Wildman–Crippen LogP) is 7.91. The third kappa shape index (κ3) is 13.4. The molecule has 2 aromatic carbocycles. The van der Waals surface area contributed by atoms with Crippen molar-refractivity contribution >= 4 is 21.9 Å². The van der Waals surface area contributed by atoms with Crippen molar-refractivity contribution in [1.29, 1.82) is 0 Å². The Morgan fingerprint density at radius 1 is 0.354 bits per heavy atom. The average Bonchev–Trinajstić information content (AvgIpc) is 3.89. The van der Waals surface area contributed by atoms with Gasteiger partial charge in [0.25, 0.3) is 0 Å². The van der Waals surface area contributed by atoms with Gasteiger partial charge in [0.2, 0.25) is 0 Å². The van der Waals surface area contributed by atoms with Crippen LogP contribution in [0.2, 0.25) is 0 Å². The lowest BCUT2D eigenvalue weighted by Gasteiger charge is -1.97. The number of aromatic nitrogens is 10. The van der Waals surface area contributed by atoms with Crippen LogP contribution in [-0.4, -0.2) is 49.8 Å². The first kappa shape index (κ1) is 33.9. The Balaban J connectivity index is 0.000000133. The first-order chi connectivity index (χ1) is 23.9. The number of nitrogens with one attached hydrogen (secondary N) is 2. The normalized spacial score (nSPS) is 9.25. The van der Waals surface area contributed by atoms with Crippen LogP contribution in [0.3, 0.4) is 0 Å². The molecule has 7 aromatic heterocycles. The number of rotatable bonds is 1. The fraction of sp³-hybridized carbons (Fsp3) is 0. The van der Waals surface area contributed by atoms with Crippen molar-refractivity contribution in [3.63, 3.8) is 0 Å². The Hall–Kier alpha value is -6.94. The lowest BCUT2D eigenvalue weighted by atomic mass is 10.1. The van der Waals surface area contributed by atoms with E-state index < -0.39 is 0 Å². The molecule has 10 nitrogen and oxygen atoms in total. The topological polar surface area (TPSA) is 135 Å². The van der Waals surface area contributed by atoms with E-state index in [1.807, 2.05) is 85.1 Å². The molecule has 9 rings (SSSR count). The summed E-state index contributed by atoms with van der Waals surface area (Å²) in [6.07, 6.45) is 25.7. The van der Waals surface area contributed by atoms with Crippen LogP contribution in [-0.2, 0) is 0 Å². The Morgan fingerprint density at radius 2 is 0.875 bits per heavy atom. The lowest BCUT2D eigenvalue weighted by molar-refractivity contribution is 1.17. The number of aromatic amines is 2. The predicted molar refractivity (Wildman–Crippen MR) is 190 cm³/mol. The standard InChI is InChI=1S/C10H8N2.C8H7N.C7H6N2.C5H5N.2C4H4N2/c1-5-11-6-2-9(1)10-3-7-12-8-4-10;1-2-4-8-7(3-1)5-6-9-8;1-2-4-7-6(3-1)8-5-9-7;1-2-4-6-5-3-1;1-2-6-4-3-5-1;1-2-5-4-6-3-1/h1-8H;1-6,9H;1-5H,(H,8,9);1-5H;2*1-4H. The van der Waals surface area contributed by atoms with Gasteiger partial charge in [-0.05, 0) is 83.2 Å². The SMILES string of the molecule is c1cc(-c2ccncc2)ccn1.c1ccc2[nH]ccc2c1.c1ccc2[nH]cnc2c1.c1ccncc1.c1cnccn1.c1cncnc1. The molecular weight excluding hydrogens is 596 g/mol. The van der Waals surface area contributed by atoms with Crippen LogP contribution in [0.5, 0.6) is 0 Å². The molecule has 0 fully saturated rings. The summed E-state index contributed by atoms with van der Waals surface area (Å²) in [5.41, 5.74) is 5.67. The van der Waals surface area contributed by atoms with Gasteiger partial charge in [-0.3, -0.25) is 24.9 Å². The number of fused-ring (bicyclic) bond motifs is 2. The zero-order chi connectivity index (χ0) is 33.2. The summed E-state index contributed by atoms with van der Waals surface area (Å²) in [6.45, 7) is 0. The maximum Gasteiger partial charge on any atom is 0.115 e. The number of hydrogen-bond donors (Lipinski definition) is 2. The maximum absolute atomic E-state index is 4.06. The largest absolute Gasteiger partial charge is 0.361 e. The molecule has 0 aliphatic rings. The van der Waals surface area contributed by atoms with Crippen LogP contribution in [0.25, 0.3) is 33.1 Å². The Labute approximate surface area is 278 Å². The molecule has 10 heteroatoms. The molecule has 0 saturated heterocycles. The van der Waals surface area contributed by atoms with Crippen LogP contribution in [0, 0.1) is 0 Å². The van der Waals surface area contributed by atoms with Gasteiger partial charge in [0.1, 0.15) is 6.33 Å². The molecule has 0 radical (unpaired) electrons. The monoisotopic (exact) mass is 630 g/mol. The molecule has 0 amide bonds. The third-order valence-corrected chi connectivity index (χ3v) is 6.01. The van der Waals surface area contributed by atoms with E-state index in [2.05, 4.69) is 68.0 Å². The fourth-order valence-corrected chi connectivity index (χ4v) is 3.78. The third-order valence-electron chi connectivity index (χ3n) is 6.01. The number of para-hydroxylation sites is 3. The van der Waals surface area contributed by atoms with Crippen LogP contribution in [0.1, 0.15) is 0 Å². The molecule has 0 spiro atoms. The number of hydrogen-bond acceptors (Lipinski definition) is 8.